The van der Waals surface area contributed by atoms with Crippen LogP contribution >= 0.6 is 11.6 Å². The van der Waals surface area contributed by atoms with Gasteiger partial charge in [-0.1, -0.05) is 17.7 Å². The van der Waals surface area contributed by atoms with Crippen LogP contribution in [0, 0.1) is 0 Å². The van der Waals surface area contributed by atoms with Crippen molar-refractivity contribution in [2.45, 2.75) is 11.4 Å². The Balaban J connectivity index is 1.34. The number of methoxy groups -OCH3 is 1. The lowest BCUT2D eigenvalue weighted by molar-refractivity contribution is 0.251. The summed E-state index contributed by atoms with van der Waals surface area (Å²) in [4.78, 5) is 18.4. The van der Waals surface area contributed by atoms with E-state index in [4.69, 9.17) is 16.3 Å². The van der Waals surface area contributed by atoms with Gasteiger partial charge in [0.2, 0.25) is 10.0 Å². The predicted molar refractivity (Wildman–Crippen MR) is 136 cm³/mol. The van der Waals surface area contributed by atoms with Gasteiger partial charge in [-0.15, -0.1) is 0 Å². The highest BCUT2D eigenvalue weighted by atomic mass is 35.5. The van der Waals surface area contributed by atoms with Crippen LogP contribution in [0.25, 0.3) is 0 Å². The molecule has 1 fully saturated rings. The summed E-state index contributed by atoms with van der Waals surface area (Å²) >= 11 is 6.14. The zero-order valence-corrected chi connectivity index (χ0v) is 20.7. The van der Waals surface area contributed by atoms with Gasteiger partial charge in [0.15, 0.2) is 0 Å². The van der Waals surface area contributed by atoms with Crippen molar-refractivity contribution >= 4 is 39.0 Å². The van der Waals surface area contributed by atoms with Crippen LogP contribution in [0.5, 0.6) is 5.75 Å². The molecule has 1 saturated heterocycles. The van der Waals surface area contributed by atoms with Gasteiger partial charge in [-0.25, -0.2) is 13.2 Å². The lowest BCUT2D eigenvalue weighted by atomic mass is 10.2. The average Bonchev–Trinajstić information content (AvgIpc) is 2.88. The number of anilines is 2. The number of piperazine rings is 1. The number of sulfonamides is 1. The molecule has 35 heavy (non-hydrogen) atoms. The van der Waals surface area contributed by atoms with Crippen LogP contribution in [0.15, 0.2) is 71.9 Å². The summed E-state index contributed by atoms with van der Waals surface area (Å²) in [5, 5.41) is 6.03. The number of hydrogen-bond donors (Lipinski definition) is 2. The fourth-order valence-electron chi connectivity index (χ4n) is 3.80. The normalized spacial score (nSPS) is 14.4. The van der Waals surface area contributed by atoms with Crippen LogP contribution in [0.1, 0.15) is 5.56 Å². The molecular formula is C24H26ClN5O4S. The second kappa shape index (κ2) is 10.9. The smallest absolute Gasteiger partial charge is 0.319 e. The molecule has 1 aliphatic rings. The molecule has 184 valence electrons. The first-order valence-corrected chi connectivity index (χ1v) is 12.8. The minimum atomic E-state index is -3.67. The first-order valence-electron chi connectivity index (χ1n) is 11.0. The number of ether oxygens (including phenoxy) is 1. The van der Waals surface area contributed by atoms with Crippen LogP contribution in [-0.4, -0.2) is 57.0 Å². The number of amides is 2. The minimum Gasteiger partial charge on any atom is -0.495 e. The Morgan fingerprint density at radius 3 is 2.49 bits per heavy atom. The summed E-state index contributed by atoms with van der Waals surface area (Å²) in [7, 11) is -2.08. The highest BCUT2D eigenvalue weighted by Gasteiger charge is 2.29. The number of nitrogens with one attached hydrogen (secondary N) is 2. The molecule has 2 amide bonds. The zero-order chi connectivity index (χ0) is 24.8. The van der Waals surface area contributed by atoms with E-state index in [1.54, 1.807) is 49.8 Å². The highest BCUT2D eigenvalue weighted by molar-refractivity contribution is 7.89. The van der Waals surface area contributed by atoms with E-state index < -0.39 is 16.1 Å². The maximum atomic E-state index is 13.2. The lowest BCUT2D eigenvalue weighted by Gasteiger charge is -2.36. The monoisotopic (exact) mass is 515 g/mol. The number of halogens is 1. The first-order chi connectivity index (χ1) is 16.9. The van der Waals surface area contributed by atoms with E-state index in [-0.39, 0.29) is 4.90 Å². The van der Waals surface area contributed by atoms with Gasteiger partial charge in [0, 0.05) is 55.8 Å². The van der Waals surface area contributed by atoms with Gasteiger partial charge in [0.25, 0.3) is 0 Å². The van der Waals surface area contributed by atoms with Crippen molar-refractivity contribution < 1.29 is 17.9 Å². The molecule has 2 N–H and O–H groups in total. The number of hydrogen-bond acceptors (Lipinski definition) is 6. The molecule has 9 nitrogen and oxygen atoms in total. The topological polar surface area (TPSA) is 104 Å². The third-order valence-electron chi connectivity index (χ3n) is 5.65. The summed E-state index contributed by atoms with van der Waals surface area (Å²) in [6, 6.07) is 14.8. The minimum absolute atomic E-state index is 0.174. The third-order valence-corrected chi connectivity index (χ3v) is 7.79. The Hall–Kier alpha value is -3.34. The Labute approximate surface area is 209 Å². The molecule has 1 aliphatic heterocycles. The molecule has 2 aromatic carbocycles. The van der Waals surface area contributed by atoms with E-state index >= 15 is 0 Å². The van der Waals surface area contributed by atoms with Crippen molar-refractivity contribution in [3.05, 3.63) is 77.6 Å². The second-order valence-electron chi connectivity index (χ2n) is 7.90. The molecule has 0 atom stereocenters. The molecule has 0 bridgehead atoms. The molecule has 3 aromatic rings. The number of urea groups is 1. The summed E-state index contributed by atoms with van der Waals surface area (Å²) in [6.07, 6.45) is 3.33. The van der Waals surface area contributed by atoms with Gasteiger partial charge in [-0.05, 0) is 54.1 Å². The number of aromatic nitrogens is 1. The van der Waals surface area contributed by atoms with Crippen molar-refractivity contribution in [3.63, 3.8) is 0 Å². The third kappa shape index (κ3) is 6.02. The van der Waals surface area contributed by atoms with Gasteiger partial charge in [-0.2, -0.15) is 4.31 Å². The van der Waals surface area contributed by atoms with Gasteiger partial charge in [0.05, 0.1) is 17.7 Å². The lowest BCUT2D eigenvalue weighted by Crippen LogP contribution is -2.48. The molecular weight excluding hydrogens is 490 g/mol. The van der Waals surface area contributed by atoms with Crippen molar-refractivity contribution in [2.75, 3.05) is 43.5 Å². The van der Waals surface area contributed by atoms with Crippen LogP contribution in [-0.2, 0) is 16.6 Å². The standard InChI is InChI=1S/C24H26ClN5O4S/c1-34-23-9-4-19(25)15-22(23)29-11-13-30(14-12-29)35(32,33)21-7-5-20(6-8-21)28-24(31)27-17-18-3-2-10-26-16-18/h2-10,15-16H,11-14,17H2,1H3,(H2,27,28,31). The van der Waals surface area contributed by atoms with Crippen molar-refractivity contribution in [3.8, 4) is 5.75 Å². The van der Waals surface area contributed by atoms with Gasteiger partial charge in [0.1, 0.15) is 5.75 Å². The molecule has 11 heteroatoms. The van der Waals surface area contributed by atoms with Gasteiger partial charge in [-0.3, -0.25) is 4.98 Å². The van der Waals surface area contributed by atoms with E-state index in [9.17, 15) is 13.2 Å². The van der Waals surface area contributed by atoms with E-state index in [2.05, 4.69) is 20.5 Å². The summed E-state index contributed by atoms with van der Waals surface area (Å²) in [5.41, 5.74) is 2.21. The maximum Gasteiger partial charge on any atom is 0.319 e. The molecule has 1 aromatic heterocycles. The Morgan fingerprint density at radius 2 is 1.83 bits per heavy atom. The molecule has 2 heterocycles. The van der Waals surface area contributed by atoms with Crippen LogP contribution in [0.3, 0.4) is 0 Å². The highest BCUT2D eigenvalue weighted by Crippen LogP contribution is 2.32. The molecule has 0 saturated carbocycles. The van der Waals surface area contributed by atoms with Crippen LogP contribution < -0.4 is 20.3 Å². The number of benzene rings is 2. The molecule has 4 rings (SSSR count). The van der Waals surface area contributed by atoms with Crippen molar-refractivity contribution in [2.24, 2.45) is 0 Å². The fourth-order valence-corrected chi connectivity index (χ4v) is 5.39. The average molecular weight is 516 g/mol. The SMILES string of the molecule is COc1ccc(Cl)cc1N1CCN(S(=O)(=O)c2ccc(NC(=O)NCc3cccnc3)cc2)CC1. The van der Waals surface area contributed by atoms with E-state index in [1.165, 1.54) is 16.4 Å². The van der Waals surface area contributed by atoms with Gasteiger partial charge < -0.3 is 20.3 Å². The number of pyridine rings is 1. The van der Waals surface area contributed by atoms with E-state index in [0.717, 1.165) is 11.3 Å². The van der Waals surface area contributed by atoms with Gasteiger partial charge >= 0.3 is 6.03 Å². The Bertz CT molecular complexity index is 1260. The number of carbonyl (C=O) groups is 1. The van der Waals surface area contributed by atoms with Crippen molar-refractivity contribution in [1.29, 1.82) is 0 Å². The summed E-state index contributed by atoms with van der Waals surface area (Å²) in [6.45, 7) is 2.00. The van der Waals surface area contributed by atoms with E-state index in [0.29, 0.717) is 49.2 Å². The summed E-state index contributed by atoms with van der Waals surface area (Å²) in [5.74, 6) is 0.693. The summed E-state index contributed by atoms with van der Waals surface area (Å²) < 4.78 is 33.2. The largest absolute Gasteiger partial charge is 0.495 e. The van der Waals surface area contributed by atoms with Crippen LogP contribution in [0.4, 0.5) is 16.2 Å². The Morgan fingerprint density at radius 1 is 1.09 bits per heavy atom. The molecule has 0 spiro atoms. The second-order valence-corrected chi connectivity index (χ2v) is 10.3. The van der Waals surface area contributed by atoms with E-state index in [1.807, 2.05) is 12.1 Å². The molecule has 0 unspecified atom stereocenters. The molecule has 0 aliphatic carbocycles. The fraction of sp³-hybridized carbons (Fsp3) is 0.250. The zero-order valence-electron chi connectivity index (χ0n) is 19.1. The maximum absolute atomic E-state index is 13.2. The predicted octanol–water partition coefficient (Wildman–Crippen LogP) is 3.58. The number of rotatable bonds is 7. The van der Waals surface area contributed by atoms with Crippen LogP contribution in [0.2, 0.25) is 5.02 Å². The first kappa shape index (κ1) is 24.8. The quantitative estimate of drug-likeness (QED) is 0.498. The molecule has 0 radical (unpaired) electrons. The number of nitrogens with zero attached hydrogens (tertiary/aromatic N) is 3. The van der Waals surface area contributed by atoms with Crippen molar-refractivity contribution in [1.82, 2.24) is 14.6 Å². The number of carbonyl (C=O) groups excluding carboxylic acids is 1. The Kier molecular flexibility index (Phi) is 7.74.